The smallest absolute Gasteiger partial charge is 0.312 e. The number of carbonyl (C=O) groups is 2. The van der Waals surface area contributed by atoms with Gasteiger partial charge < -0.3 is 14.6 Å². The highest BCUT2D eigenvalue weighted by molar-refractivity contribution is 5.83. The van der Waals surface area contributed by atoms with E-state index in [1.165, 1.54) is 0 Å². The topological polar surface area (TPSA) is 72.8 Å². The fraction of sp³-hybridized carbons (Fsp3) is 0.800. The Hall–Kier alpha value is -1.10. The van der Waals surface area contributed by atoms with Crippen LogP contribution in [0.5, 0.6) is 0 Å². The van der Waals surface area contributed by atoms with Gasteiger partial charge in [0.05, 0.1) is 30.7 Å². The summed E-state index contributed by atoms with van der Waals surface area (Å²) < 4.78 is 10.3. The summed E-state index contributed by atoms with van der Waals surface area (Å²) in [5.41, 5.74) is 0. The summed E-state index contributed by atoms with van der Waals surface area (Å²) in [5, 5.41) is 9.04. The van der Waals surface area contributed by atoms with E-state index in [0.29, 0.717) is 0 Å². The van der Waals surface area contributed by atoms with Gasteiger partial charge in [0, 0.05) is 0 Å². The molecule has 0 amide bonds. The van der Waals surface area contributed by atoms with Gasteiger partial charge in [-0.05, 0) is 19.8 Å². The molecule has 0 saturated carbocycles. The molecule has 84 valence electrons. The molecule has 5 heteroatoms. The van der Waals surface area contributed by atoms with E-state index in [2.05, 4.69) is 0 Å². The van der Waals surface area contributed by atoms with E-state index < -0.39 is 23.8 Å². The van der Waals surface area contributed by atoms with Crippen LogP contribution in [0.25, 0.3) is 0 Å². The van der Waals surface area contributed by atoms with E-state index in [-0.39, 0.29) is 18.8 Å². The van der Waals surface area contributed by atoms with Crippen LogP contribution in [0.3, 0.4) is 0 Å². The standard InChI is InChI=1S/C10H14O5/c1-2-14-10(13)8-6-4-3-5(15-6)7(8)9(11)12/h5-8H,2-4H2,1H3,(H,11,12)/t5-,6-,7-,8-/m0/s1. The molecule has 2 heterocycles. The van der Waals surface area contributed by atoms with E-state index in [0.717, 1.165) is 12.8 Å². The second kappa shape index (κ2) is 3.81. The Kier molecular flexibility index (Phi) is 2.65. The third-order valence-electron chi connectivity index (χ3n) is 3.12. The fourth-order valence-corrected chi connectivity index (χ4v) is 2.53. The Morgan fingerprint density at radius 2 is 1.93 bits per heavy atom. The number of fused-ring (bicyclic) bond motifs is 2. The van der Waals surface area contributed by atoms with E-state index in [4.69, 9.17) is 14.6 Å². The first-order valence-electron chi connectivity index (χ1n) is 5.20. The highest BCUT2D eigenvalue weighted by atomic mass is 16.5. The first-order valence-corrected chi connectivity index (χ1v) is 5.20. The molecular weight excluding hydrogens is 200 g/mol. The summed E-state index contributed by atoms with van der Waals surface area (Å²) in [6, 6.07) is 0. The molecule has 15 heavy (non-hydrogen) atoms. The minimum Gasteiger partial charge on any atom is -0.481 e. The van der Waals surface area contributed by atoms with Crippen molar-refractivity contribution in [3.05, 3.63) is 0 Å². The van der Waals surface area contributed by atoms with Gasteiger partial charge in [0.2, 0.25) is 0 Å². The van der Waals surface area contributed by atoms with Crippen LogP contribution < -0.4 is 0 Å². The number of esters is 1. The third kappa shape index (κ3) is 1.61. The molecule has 4 atom stereocenters. The summed E-state index contributed by atoms with van der Waals surface area (Å²) in [5.74, 6) is -2.72. The molecule has 1 N–H and O–H groups in total. The zero-order chi connectivity index (χ0) is 11.0. The number of carboxylic acid groups (broad SMARTS) is 1. The number of carboxylic acids is 1. The Labute approximate surface area is 87.4 Å². The Morgan fingerprint density at radius 1 is 1.33 bits per heavy atom. The molecule has 0 aromatic rings. The molecule has 0 unspecified atom stereocenters. The molecule has 0 spiro atoms. The lowest BCUT2D eigenvalue weighted by atomic mass is 9.79. The van der Waals surface area contributed by atoms with Crippen LogP contribution >= 0.6 is 0 Å². The first kappa shape index (κ1) is 10.4. The van der Waals surface area contributed by atoms with Crippen LogP contribution in [0.1, 0.15) is 19.8 Å². The number of hydrogen-bond acceptors (Lipinski definition) is 4. The van der Waals surface area contributed by atoms with Crippen LogP contribution in [-0.4, -0.2) is 35.9 Å². The molecule has 0 radical (unpaired) electrons. The molecule has 0 aliphatic carbocycles. The van der Waals surface area contributed by atoms with Crippen molar-refractivity contribution in [3.63, 3.8) is 0 Å². The SMILES string of the molecule is CCOC(=O)[C@@H]1[C@@H](C(=O)O)[C@@H]2CC[C@@H]1O2. The van der Waals surface area contributed by atoms with E-state index in [1.54, 1.807) is 6.92 Å². The zero-order valence-corrected chi connectivity index (χ0v) is 8.51. The summed E-state index contributed by atoms with van der Waals surface area (Å²) in [6.07, 6.45) is 0.937. The van der Waals surface area contributed by atoms with E-state index >= 15 is 0 Å². The number of hydrogen-bond donors (Lipinski definition) is 1. The lowest BCUT2D eigenvalue weighted by Gasteiger charge is -2.22. The zero-order valence-electron chi connectivity index (χ0n) is 8.51. The maximum Gasteiger partial charge on any atom is 0.312 e. The minimum atomic E-state index is -0.958. The highest BCUT2D eigenvalue weighted by Gasteiger charge is 2.56. The van der Waals surface area contributed by atoms with Gasteiger partial charge in [-0.2, -0.15) is 0 Å². The lowest BCUT2D eigenvalue weighted by molar-refractivity contribution is -0.157. The van der Waals surface area contributed by atoms with Gasteiger partial charge in [0.1, 0.15) is 0 Å². The van der Waals surface area contributed by atoms with Crippen molar-refractivity contribution in [2.45, 2.75) is 32.0 Å². The maximum absolute atomic E-state index is 11.6. The second-order valence-electron chi connectivity index (χ2n) is 3.93. The molecule has 5 nitrogen and oxygen atoms in total. The number of ether oxygens (including phenoxy) is 2. The molecule has 2 bridgehead atoms. The van der Waals surface area contributed by atoms with Gasteiger partial charge in [-0.3, -0.25) is 9.59 Å². The van der Waals surface area contributed by atoms with Crippen molar-refractivity contribution in [1.82, 2.24) is 0 Å². The van der Waals surface area contributed by atoms with Crippen LogP contribution in [0.4, 0.5) is 0 Å². The molecule has 2 aliphatic rings. The minimum absolute atomic E-state index is 0.254. The van der Waals surface area contributed by atoms with Crippen molar-refractivity contribution in [2.75, 3.05) is 6.61 Å². The molecule has 2 saturated heterocycles. The Balaban J connectivity index is 2.14. The van der Waals surface area contributed by atoms with E-state index in [9.17, 15) is 9.59 Å². The summed E-state index contributed by atoms with van der Waals surface area (Å²) in [4.78, 5) is 22.6. The van der Waals surface area contributed by atoms with Crippen LogP contribution in [-0.2, 0) is 19.1 Å². The van der Waals surface area contributed by atoms with Gasteiger partial charge in [-0.15, -0.1) is 0 Å². The Morgan fingerprint density at radius 3 is 2.47 bits per heavy atom. The summed E-state index contributed by atoms with van der Waals surface area (Å²) in [6.45, 7) is 1.99. The van der Waals surface area contributed by atoms with Crippen molar-refractivity contribution in [1.29, 1.82) is 0 Å². The van der Waals surface area contributed by atoms with Crippen molar-refractivity contribution >= 4 is 11.9 Å². The largest absolute Gasteiger partial charge is 0.481 e. The summed E-state index contributed by atoms with van der Waals surface area (Å²) >= 11 is 0. The molecular formula is C10H14O5. The number of carbonyl (C=O) groups excluding carboxylic acids is 1. The molecule has 2 fully saturated rings. The summed E-state index contributed by atoms with van der Waals surface area (Å²) in [7, 11) is 0. The fourth-order valence-electron chi connectivity index (χ4n) is 2.53. The van der Waals surface area contributed by atoms with Crippen LogP contribution in [0.15, 0.2) is 0 Å². The second-order valence-corrected chi connectivity index (χ2v) is 3.93. The number of aliphatic carboxylic acids is 1. The Bertz CT molecular complexity index is 288. The quantitative estimate of drug-likeness (QED) is 0.689. The van der Waals surface area contributed by atoms with Crippen molar-refractivity contribution in [3.8, 4) is 0 Å². The van der Waals surface area contributed by atoms with Gasteiger partial charge in [0.25, 0.3) is 0 Å². The molecule has 2 aliphatic heterocycles. The number of rotatable bonds is 3. The van der Waals surface area contributed by atoms with Crippen molar-refractivity contribution < 1.29 is 24.2 Å². The average molecular weight is 214 g/mol. The van der Waals surface area contributed by atoms with Crippen molar-refractivity contribution in [2.24, 2.45) is 11.8 Å². The lowest BCUT2D eigenvalue weighted by Crippen LogP contribution is -2.39. The van der Waals surface area contributed by atoms with E-state index in [1.807, 2.05) is 0 Å². The predicted molar refractivity (Wildman–Crippen MR) is 49.1 cm³/mol. The molecule has 2 rings (SSSR count). The maximum atomic E-state index is 11.6. The van der Waals surface area contributed by atoms with Gasteiger partial charge in [-0.1, -0.05) is 0 Å². The molecule has 0 aromatic carbocycles. The van der Waals surface area contributed by atoms with Gasteiger partial charge in [0.15, 0.2) is 0 Å². The first-order chi connectivity index (χ1) is 7.15. The molecule has 0 aromatic heterocycles. The monoisotopic (exact) mass is 214 g/mol. The van der Waals surface area contributed by atoms with Gasteiger partial charge >= 0.3 is 11.9 Å². The van der Waals surface area contributed by atoms with Gasteiger partial charge in [-0.25, -0.2) is 0 Å². The van der Waals surface area contributed by atoms with Crippen LogP contribution in [0, 0.1) is 11.8 Å². The van der Waals surface area contributed by atoms with Crippen LogP contribution in [0.2, 0.25) is 0 Å². The average Bonchev–Trinajstić information content (AvgIpc) is 2.76. The normalized spacial score (nSPS) is 37.9. The third-order valence-corrected chi connectivity index (χ3v) is 3.12. The predicted octanol–water partition coefficient (Wildman–Crippen LogP) is 0.428. The highest BCUT2D eigenvalue weighted by Crippen LogP contribution is 2.44.